The Morgan fingerprint density at radius 2 is 2.26 bits per heavy atom. The van der Waals surface area contributed by atoms with Crippen LogP contribution in [0.3, 0.4) is 0 Å². The Hall–Kier alpha value is -2.02. The number of benzene rings is 1. The number of hydrogen-bond donors (Lipinski definition) is 2. The molecule has 0 fully saturated rings. The molecule has 1 amide bonds. The van der Waals surface area contributed by atoms with Crippen LogP contribution in [0, 0.1) is 21.8 Å². The number of nitro groups is 1. The Kier molecular flexibility index (Phi) is 5.37. The number of halogens is 1. The van der Waals surface area contributed by atoms with Crippen LogP contribution in [0.15, 0.2) is 18.2 Å². The Bertz CT molecular complexity index is 475. The molecular formula is C12H16FN3O3. The number of nitrogens with one attached hydrogen (secondary N) is 1. The van der Waals surface area contributed by atoms with Gasteiger partial charge in [-0.15, -0.1) is 0 Å². The van der Waals surface area contributed by atoms with Gasteiger partial charge in [-0.05, 0) is 18.5 Å². The van der Waals surface area contributed by atoms with Gasteiger partial charge in [0.15, 0.2) is 0 Å². The first-order valence-electron chi connectivity index (χ1n) is 5.91. The molecule has 1 rings (SSSR count). The van der Waals surface area contributed by atoms with Crippen molar-refractivity contribution in [2.24, 2.45) is 11.7 Å². The van der Waals surface area contributed by atoms with Gasteiger partial charge in [-0.1, -0.05) is 13.3 Å². The van der Waals surface area contributed by atoms with Crippen molar-refractivity contribution in [3.63, 3.8) is 0 Å². The van der Waals surface area contributed by atoms with E-state index >= 15 is 0 Å². The van der Waals surface area contributed by atoms with E-state index in [0.717, 1.165) is 18.6 Å². The highest BCUT2D eigenvalue weighted by Gasteiger charge is 2.15. The third kappa shape index (κ3) is 4.29. The molecule has 0 aliphatic rings. The molecule has 0 spiro atoms. The molecule has 6 nitrogen and oxygen atoms in total. The number of rotatable bonds is 6. The van der Waals surface area contributed by atoms with Crippen molar-refractivity contribution in [2.75, 3.05) is 11.9 Å². The normalized spacial score (nSPS) is 11.9. The fourth-order valence-corrected chi connectivity index (χ4v) is 1.60. The summed E-state index contributed by atoms with van der Waals surface area (Å²) in [4.78, 5) is 21.3. The number of carbonyl (C=O) groups is 1. The van der Waals surface area contributed by atoms with Crippen molar-refractivity contribution >= 4 is 17.3 Å². The van der Waals surface area contributed by atoms with Crippen LogP contribution in [-0.2, 0) is 4.79 Å². The van der Waals surface area contributed by atoms with E-state index in [4.69, 9.17) is 5.73 Å². The van der Waals surface area contributed by atoms with Gasteiger partial charge in [0, 0.05) is 24.2 Å². The van der Waals surface area contributed by atoms with Crippen LogP contribution < -0.4 is 11.1 Å². The van der Waals surface area contributed by atoms with Gasteiger partial charge in [-0.25, -0.2) is 0 Å². The Labute approximate surface area is 109 Å². The smallest absolute Gasteiger partial charge is 0.304 e. The molecule has 0 bridgehead atoms. The lowest BCUT2D eigenvalue weighted by atomic mass is 10.0. The minimum Gasteiger partial charge on any atom is -0.330 e. The summed E-state index contributed by atoms with van der Waals surface area (Å²) in [5, 5.41) is 12.9. The molecule has 104 valence electrons. The van der Waals surface area contributed by atoms with Crippen LogP contribution in [0.4, 0.5) is 15.8 Å². The quantitative estimate of drug-likeness (QED) is 0.610. The average molecular weight is 269 g/mol. The van der Waals surface area contributed by atoms with Gasteiger partial charge in [0.1, 0.15) is 0 Å². The summed E-state index contributed by atoms with van der Waals surface area (Å²) in [6.45, 7) is 2.33. The molecule has 0 aromatic heterocycles. The van der Waals surface area contributed by atoms with Gasteiger partial charge in [0.05, 0.1) is 4.92 Å². The lowest BCUT2D eigenvalue weighted by Crippen LogP contribution is -2.21. The van der Waals surface area contributed by atoms with Gasteiger partial charge >= 0.3 is 5.69 Å². The number of nitro benzene ring substituents is 1. The molecular weight excluding hydrogens is 253 g/mol. The number of nitrogens with two attached hydrogens (primary N) is 1. The van der Waals surface area contributed by atoms with E-state index in [2.05, 4.69) is 5.32 Å². The largest absolute Gasteiger partial charge is 0.330 e. The predicted octanol–water partition coefficient (Wildman–Crippen LogP) is 2.05. The lowest BCUT2D eigenvalue weighted by Gasteiger charge is -2.11. The number of nitrogens with zero attached hydrogens (tertiary/aromatic N) is 1. The number of amides is 1. The number of hydrogen-bond acceptors (Lipinski definition) is 4. The van der Waals surface area contributed by atoms with E-state index in [1.165, 1.54) is 6.07 Å². The minimum absolute atomic E-state index is 0.0721. The molecule has 7 heteroatoms. The van der Waals surface area contributed by atoms with Crippen molar-refractivity contribution < 1.29 is 14.1 Å². The van der Waals surface area contributed by atoms with Crippen LogP contribution in [-0.4, -0.2) is 17.4 Å². The summed E-state index contributed by atoms with van der Waals surface area (Å²) in [6.07, 6.45) is 1.02. The Morgan fingerprint density at radius 3 is 2.74 bits per heavy atom. The molecule has 1 aromatic rings. The Morgan fingerprint density at radius 1 is 1.58 bits per heavy atom. The van der Waals surface area contributed by atoms with Crippen LogP contribution in [0.5, 0.6) is 0 Å². The van der Waals surface area contributed by atoms with Crippen LogP contribution >= 0.6 is 0 Å². The molecule has 1 unspecified atom stereocenters. The zero-order valence-corrected chi connectivity index (χ0v) is 10.6. The molecule has 19 heavy (non-hydrogen) atoms. The van der Waals surface area contributed by atoms with Crippen molar-refractivity contribution in [3.8, 4) is 0 Å². The molecule has 0 radical (unpaired) electrons. The van der Waals surface area contributed by atoms with E-state index in [-0.39, 0.29) is 23.9 Å². The van der Waals surface area contributed by atoms with E-state index < -0.39 is 16.4 Å². The second-order valence-electron chi connectivity index (χ2n) is 4.19. The summed E-state index contributed by atoms with van der Waals surface area (Å²) >= 11 is 0. The third-order valence-electron chi connectivity index (χ3n) is 2.81. The first kappa shape index (κ1) is 15.0. The molecule has 1 atom stereocenters. The van der Waals surface area contributed by atoms with Gasteiger partial charge in [0.2, 0.25) is 11.7 Å². The van der Waals surface area contributed by atoms with Crippen molar-refractivity contribution in [1.29, 1.82) is 0 Å². The molecule has 0 aliphatic carbocycles. The van der Waals surface area contributed by atoms with Gasteiger partial charge < -0.3 is 11.1 Å². The number of carbonyl (C=O) groups excluding carboxylic acids is 1. The second kappa shape index (κ2) is 6.79. The third-order valence-corrected chi connectivity index (χ3v) is 2.81. The van der Waals surface area contributed by atoms with E-state index in [1.807, 2.05) is 6.92 Å². The minimum atomic E-state index is -0.978. The SMILES string of the molecule is CCC(CN)CC(=O)Nc1ccc([N+](=O)[O-])c(F)c1. The van der Waals surface area contributed by atoms with Crippen molar-refractivity contribution in [2.45, 2.75) is 19.8 Å². The van der Waals surface area contributed by atoms with Gasteiger partial charge in [0.25, 0.3) is 0 Å². The van der Waals surface area contributed by atoms with E-state index in [1.54, 1.807) is 0 Å². The molecule has 0 heterocycles. The van der Waals surface area contributed by atoms with Crippen molar-refractivity contribution in [3.05, 3.63) is 34.1 Å². The topological polar surface area (TPSA) is 98.3 Å². The van der Waals surface area contributed by atoms with Crippen molar-refractivity contribution in [1.82, 2.24) is 0 Å². The highest BCUT2D eigenvalue weighted by atomic mass is 19.1. The predicted molar refractivity (Wildman–Crippen MR) is 69.1 cm³/mol. The van der Waals surface area contributed by atoms with E-state index in [9.17, 15) is 19.3 Å². The molecule has 3 N–H and O–H groups in total. The molecule has 0 saturated heterocycles. The van der Waals surface area contributed by atoms with Gasteiger partial charge in [-0.3, -0.25) is 14.9 Å². The molecule has 1 aromatic carbocycles. The highest BCUT2D eigenvalue weighted by molar-refractivity contribution is 5.91. The fraction of sp³-hybridized carbons (Fsp3) is 0.417. The highest BCUT2D eigenvalue weighted by Crippen LogP contribution is 2.21. The summed E-state index contributed by atoms with van der Waals surface area (Å²) < 4.78 is 13.3. The summed E-state index contributed by atoms with van der Waals surface area (Å²) in [7, 11) is 0. The zero-order valence-electron chi connectivity index (χ0n) is 10.6. The van der Waals surface area contributed by atoms with Crippen LogP contribution in [0.2, 0.25) is 0 Å². The maximum Gasteiger partial charge on any atom is 0.304 e. The van der Waals surface area contributed by atoms with Crippen LogP contribution in [0.1, 0.15) is 19.8 Å². The monoisotopic (exact) mass is 269 g/mol. The standard InChI is InChI=1S/C12H16FN3O3/c1-2-8(7-14)5-12(17)15-9-3-4-11(16(18)19)10(13)6-9/h3-4,6,8H,2,5,7,14H2,1H3,(H,15,17). The van der Waals surface area contributed by atoms with Crippen LogP contribution in [0.25, 0.3) is 0 Å². The summed E-state index contributed by atoms with van der Waals surface area (Å²) in [5.41, 5.74) is 5.06. The van der Waals surface area contributed by atoms with E-state index in [0.29, 0.717) is 6.54 Å². The second-order valence-corrected chi connectivity index (χ2v) is 4.19. The first-order valence-corrected chi connectivity index (χ1v) is 5.91. The number of anilines is 1. The lowest BCUT2D eigenvalue weighted by molar-refractivity contribution is -0.387. The fourth-order valence-electron chi connectivity index (χ4n) is 1.60. The zero-order chi connectivity index (χ0) is 14.4. The molecule has 0 aliphatic heterocycles. The Balaban J connectivity index is 2.70. The molecule has 0 saturated carbocycles. The maximum atomic E-state index is 13.3. The maximum absolute atomic E-state index is 13.3. The average Bonchev–Trinajstić information content (AvgIpc) is 2.35. The summed E-state index contributed by atoms with van der Waals surface area (Å²) in [6, 6.07) is 3.24. The first-order chi connectivity index (χ1) is 8.97. The summed E-state index contributed by atoms with van der Waals surface area (Å²) in [5.74, 6) is -1.19. The van der Waals surface area contributed by atoms with Gasteiger partial charge in [-0.2, -0.15) is 4.39 Å².